The predicted molar refractivity (Wildman–Crippen MR) is 92.8 cm³/mol. The maximum absolute atomic E-state index is 12.0. The van der Waals surface area contributed by atoms with Crippen LogP contribution in [-0.4, -0.2) is 30.0 Å². The number of carbonyl (C=O) groups is 1. The smallest absolute Gasteiger partial charge is 0.290 e. The summed E-state index contributed by atoms with van der Waals surface area (Å²) >= 11 is 0. The number of nitrogens with zero attached hydrogens (tertiary/aromatic N) is 2. The number of hydrogen-bond acceptors (Lipinski definition) is 6. The van der Waals surface area contributed by atoms with Crippen molar-refractivity contribution in [1.29, 1.82) is 0 Å². The Bertz CT molecular complexity index is 833. The summed E-state index contributed by atoms with van der Waals surface area (Å²) in [5.41, 5.74) is 0.980. The van der Waals surface area contributed by atoms with Gasteiger partial charge in [0.25, 0.3) is 5.69 Å². The largest absolute Gasteiger partial charge is 0.497 e. The third-order valence-electron chi connectivity index (χ3n) is 3.38. The van der Waals surface area contributed by atoms with Gasteiger partial charge in [0.05, 0.1) is 19.1 Å². The Morgan fingerprint density at radius 1 is 1.28 bits per heavy atom. The van der Waals surface area contributed by atoms with E-state index in [1.165, 1.54) is 19.3 Å². The number of rotatable bonds is 6. The summed E-state index contributed by atoms with van der Waals surface area (Å²) in [6.45, 7) is 1.58. The van der Waals surface area contributed by atoms with Gasteiger partial charge in [-0.25, -0.2) is 4.98 Å². The van der Waals surface area contributed by atoms with E-state index in [1.54, 1.807) is 38.3 Å². The maximum atomic E-state index is 12.0. The van der Waals surface area contributed by atoms with Crippen molar-refractivity contribution in [1.82, 2.24) is 4.98 Å². The van der Waals surface area contributed by atoms with Gasteiger partial charge in [0.15, 0.2) is 0 Å². The van der Waals surface area contributed by atoms with E-state index in [4.69, 9.17) is 9.47 Å². The van der Waals surface area contributed by atoms with E-state index < -0.39 is 10.8 Å². The van der Waals surface area contributed by atoms with Crippen LogP contribution in [-0.2, 0) is 4.79 Å². The molecule has 1 aromatic carbocycles. The van der Waals surface area contributed by atoms with Gasteiger partial charge in [-0.05, 0) is 37.3 Å². The van der Waals surface area contributed by atoms with Crippen molar-refractivity contribution in [2.45, 2.75) is 6.92 Å². The Balaban J connectivity index is 2.13. The van der Waals surface area contributed by atoms with Crippen LogP contribution in [0.15, 0.2) is 36.5 Å². The number of amides is 1. The first kappa shape index (κ1) is 17.9. The number of anilines is 1. The first-order valence-corrected chi connectivity index (χ1v) is 7.26. The van der Waals surface area contributed by atoms with Crippen LogP contribution in [0.3, 0.4) is 0 Å². The molecule has 0 unspecified atom stereocenters. The number of ether oxygens (including phenoxy) is 2. The number of methoxy groups -OCH3 is 2. The minimum absolute atomic E-state index is 0.102. The lowest BCUT2D eigenvalue weighted by Crippen LogP contribution is -2.09. The zero-order valence-electron chi connectivity index (χ0n) is 14.0. The molecule has 0 spiro atoms. The molecule has 8 heteroatoms. The average molecular weight is 343 g/mol. The molecule has 0 aliphatic heterocycles. The van der Waals surface area contributed by atoms with Gasteiger partial charge in [0.2, 0.25) is 5.91 Å². The molecule has 1 aromatic heterocycles. The summed E-state index contributed by atoms with van der Waals surface area (Å²) in [5.74, 6) is 1.03. The summed E-state index contributed by atoms with van der Waals surface area (Å²) in [5, 5.41) is 13.3. The molecular formula is C17H17N3O5. The number of benzene rings is 1. The molecule has 1 amide bonds. The van der Waals surface area contributed by atoms with Gasteiger partial charge in [-0.2, -0.15) is 0 Å². The molecule has 1 N–H and O–H groups in total. The van der Waals surface area contributed by atoms with Crippen molar-refractivity contribution in [3.05, 3.63) is 57.8 Å². The first-order chi connectivity index (χ1) is 11.9. The highest BCUT2D eigenvalue weighted by Crippen LogP contribution is 2.25. The Hall–Kier alpha value is -3.42. The molecular weight excluding hydrogens is 326 g/mol. The van der Waals surface area contributed by atoms with Gasteiger partial charge in [0, 0.05) is 17.2 Å². The summed E-state index contributed by atoms with van der Waals surface area (Å²) in [7, 11) is 3.08. The third kappa shape index (κ3) is 4.54. The second-order valence-corrected chi connectivity index (χ2v) is 5.04. The molecule has 0 saturated heterocycles. The average Bonchev–Trinajstić information content (AvgIpc) is 2.59. The Kier molecular flexibility index (Phi) is 5.67. The first-order valence-electron chi connectivity index (χ1n) is 7.26. The summed E-state index contributed by atoms with van der Waals surface area (Å²) in [4.78, 5) is 26.1. The number of aryl methyl sites for hydroxylation is 1. The van der Waals surface area contributed by atoms with Gasteiger partial charge in [-0.3, -0.25) is 14.9 Å². The lowest BCUT2D eigenvalue weighted by atomic mass is 10.1. The van der Waals surface area contributed by atoms with Crippen molar-refractivity contribution in [3.63, 3.8) is 0 Å². The van der Waals surface area contributed by atoms with Crippen LogP contribution in [0, 0.1) is 17.0 Å². The lowest BCUT2D eigenvalue weighted by Gasteiger charge is -2.07. The third-order valence-corrected chi connectivity index (χ3v) is 3.38. The normalized spacial score (nSPS) is 10.5. The number of hydrogen-bond donors (Lipinski definition) is 1. The van der Waals surface area contributed by atoms with E-state index in [1.807, 2.05) is 0 Å². The molecule has 0 atom stereocenters. The van der Waals surface area contributed by atoms with Crippen LogP contribution in [0.4, 0.5) is 11.5 Å². The highest BCUT2D eigenvalue weighted by molar-refractivity contribution is 6.01. The van der Waals surface area contributed by atoms with Crippen LogP contribution in [0.2, 0.25) is 0 Å². The molecule has 0 fully saturated rings. The zero-order valence-corrected chi connectivity index (χ0v) is 14.0. The van der Waals surface area contributed by atoms with Crippen LogP contribution < -0.4 is 14.8 Å². The van der Waals surface area contributed by atoms with Gasteiger partial charge >= 0.3 is 0 Å². The van der Waals surface area contributed by atoms with Crippen molar-refractivity contribution in [3.8, 4) is 11.5 Å². The quantitative estimate of drug-likeness (QED) is 0.491. The molecule has 0 aliphatic carbocycles. The Morgan fingerprint density at radius 2 is 2.04 bits per heavy atom. The second kappa shape index (κ2) is 7.91. The Labute approximate surface area is 144 Å². The van der Waals surface area contributed by atoms with Crippen LogP contribution in [0.1, 0.15) is 11.1 Å². The van der Waals surface area contributed by atoms with E-state index in [0.717, 1.165) is 6.20 Å². The van der Waals surface area contributed by atoms with E-state index in [0.29, 0.717) is 22.6 Å². The monoisotopic (exact) mass is 343 g/mol. The minimum atomic E-state index is -0.525. The molecule has 2 rings (SSSR count). The summed E-state index contributed by atoms with van der Waals surface area (Å²) in [6, 6.07) is 6.66. The van der Waals surface area contributed by atoms with E-state index in [9.17, 15) is 14.9 Å². The predicted octanol–water partition coefficient (Wildman–Crippen LogP) is 2.97. The van der Waals surface area contributed by atoms with Crippen LogP contribution >= 0.6 is 0 Å². The van der Waals surface area contributed by atoms with Gasteiger partial charge in [-0.15, -0.1) is 0 Å². The number of pyridine rings is 1. The van der Waals surface area contributed by atoms with Gasteiger partial charge in [-0.1, -0.05) is 0 Å². The summed E-state index contributed by atoms with van der Waals surface area (Å²) in [6.07, 6.45) is 4.00. The molecule has 0 aliphatic rings. The van der Waals surface area contributed by atoms with Gasteiger partial charge < -0.3 is 14.8 Å². The van der Waals surface area contributed by atoms with Gasteiger partial charge in [0.1, 0.15) is 23.5 Å². The molecule has 0 radical (unpaired) electrons. The SMILES string of the molecule is COc1ccc(OC)c(/C=C/C(=O)Nc2cc(C)c([N+](=O)[O-])cn2)c1. The standard InChI is InChI=1S/C17H17N3O5/c1-11-8-16(18-10-14(11)20(22)23)19-17(21)7-4-12-9-13(24-2)5-6-15(12)25-3/h4-10H,1-3H3,(H,18,19,21)/b7-4+. The molecule has 1 heterocycles. The molecule has 2 aromatic rings. The number of aromatic nitrogens is 1. The van der Waals surface area contributed by atoms with Crippen LogP contribution in [0.25, 0.3) is 6.08 Å². The molecule has 0 saturated carbocycles. The van der Waals surface area contributed by atoms with E-state index in [2.05, 4.69) is 10.3 Å². The van der Waals surface area contributed by atoms with Crippen LogP contribution in [0.5, 0.6) is 11.5 Å². The van der Waals surface area contributed by atoms with E-state index in [-0.39, 0.29) is 11.5 Å². The number of carbonyl (C=O) groups excluding carboxylic acids is 1. The fourth-order valence-electron chi connectivity index (χ4n) is 2.11. The lowest BCUT2D eigenvalue weighted by molar-refractivity contribution is -0.385. The Morgan fingerprint density at radius 3 is 2.64 bits per heavy atom. The number of nitro groups is 1. The van der Waals surface area contributed by atoms with E-state index >= 15 is 0 Å². The highest BCUT2D eigenvalue weighted by atomic mass is 16.6. The maximum Gasteiger partial charge on any atom is 0.290 e. The highest BCUT2D eigenvalue weighted by Gasteiger charge is 2.12. The molecule has 25 heavy (non-hydrogen) atoms. The fourth-order valence-corrected chi connectivity index (χ4v) is 2.11. The topological polar surface area (TPSA) is 104 Å². The summed E-state index contributed by atoms with van der Waals surface area (Å²) < 4.78 is 10.4. The fraction of sp³-hybridized carbons (Fsp3) is 0.176. The minimum Gasteiger partial charge on any atom is -0.497 e. The second-order valence-electron chi connectivity index (χ2n) is 5.04. The van der Waals surface area contributed by atoms with Crippen molar-refractivity contribution in [2.75, 3.05) is 19.5 Å². The number of nitrogens with one attached hydrogen (secondary N) is 1. The van der Waals surface area contributed by atoms with Crippen molar-refractivity contribution < 1.29 is 19.2 Å². The molecule has 130 valence electrons. The molecule has 0 bridgehead atoms. The van der Waals surface area contributed by atoms with Crippen molar-refractivity contribution >= 4 is 23.5 Å². The van der Waals surface area contributed by atoms with Crippen molar-refractivity contribution in [2.24, 2.45) is 0 Å². The zero-order chi connectivity index (χ0) is 18.4. The molecule has 8 nitrogen and oxygen atoms in total.